The number of aryl methyl sites for hydroxylation is 1. The molecule has 1 saturated heterocycles. The molecule has 1 fully saturated rings. The van der Waals surface area contributed by atoms with Crippen LogP contribution in [0.4, 0.5) is 0 Å². The Hall–Kier alpha value is -1.12. The van der Waals surface area contributed by atoms with E-state index in [0.29, 0.717) is 5.92 Å². The van der Waals surface area contributed by atoms with Crippen LogP contribution in [-0.2, 0) is 24.1 Å². The van der Waals surface area contributed by atoms with Gasteiger partial charge in [0.05, 0.1) is 5.60 Å². The topological polar surface area (TPSA) is 12.5 Å². The van der Waals surface area contributed by atoms with E-state index in [1.54, 1.807) is 7.11 Å². The monoisotopic (exact) mass is 315 g/mol. The van der Waals surface area contributed by atoms with Crippen molar-refractivity contribution >= 4 is 0 Å². The fourth-order valence-corrected chi connectivity index (χ4v) is 3.60. The fraction of sp³-hybridized carbons (Fsp3) is 0.619. The zero-order valence-corrected chi connectivity index (χ0v) is 15.4. The average molecular weight is 316 g/mol. The third-order valence-electron chi connectivity index (χ3n) is 5.47. The Bertz CT molecular complexity index is 515. The molecule has 1 unspecified atom stereocenters. The second kappa shape index (κ2) is 8.12. The number of nitrogens with zero attached hydrogens (tertiary/aromatic N) is 1. The number of hydrogen-bond acceptors (Lipinski definition) is 2. The molecule has 1 aromatic carbocycles. The highest BCUT2D eigenvalue weighted by Crippen LogP contribution is 2.29. The molecule has 1 aromatic rings. The lowest BCUT2D eigenvalue weighted by atomic mass is 9.82. The molecule has 0 amide bonds. The van der Waals surface area contributed by atoms with Gasteiger partial charge in [0.15, 0.2) is 0 Å². The molecule has 0 radical (unpaired) electrons. The second-order valence-electron chi connectivity index (χ2n) is 7.25. The van der Waals surface area contributed by atoms with Crippen LogP contribution in [0.3, 0.4) is 0 Å². The molecule has 2 heteroatoms. The van der Waals surface area contributed by atoms with E-state index < -0.39 is 0 Å². The Labute approximate surface area is 142 Å². The van der Waals surface area contributed by atoms with Crippen molar-refractivity contribution in [3.05, 3.63) is 47.5 Å². The van der Waals surface area contributed by atoms with Gasteiger partial charge in [-0.3, -0.25) is 4.90 Å². The quantitative estimate of drug-likeness (QED) is 0.649. The van der Waals surface area contributed by atoms with Gasteiger partial charge in [0.25, 0.3) is 0 Å². The predicted molar refractivity (Wildman–Crippen MR) is 98.8 cm³/mol. The van der Waals surface area contributed by atoms with E-state index in [-0.39, 0.29) is 5.60 Å². The van der Waals surface area contributed by atoms with E-state index in [2.05, 4.69) is 56.5 Å². The van der Waals surface area contributed by atoms with Crippen molar-refractivity contribution < 1.29 is 4.74 Å². The third kappa shape index (κ3) is 4.45. The van der Waals surface area contributed by atoms with E-state index in [1.165, 1.54) is 42.6 Å². The van der Waals surface area contributed by atoms with Gasteiger partial charge in [-0.1, -0.05) is 31.2 Å². The lowest BCUT2D eigenvalue weighted by Crippen LogP contribution is -2.34. The summed E-state index contributed by atoms with van der Waals surface area (Å²) in [7, 11) is 1.80. The minimum absolute atomic E-state index is 0.187. The van der Waals surface area contributed by atoms with Gasteiger partial charge in [0.2, 0.25) is 0 Å². The first-order valence-corrected chi connectivity index (χ1v) is 9.01. The van der Waals surface area contributed by atoms with Crippen molar-refractivity contribution in [2.24, 2.45) is 5.92 Å². The second-order valence-corrected chi connectivity index (χ2v) is 7.25. The van der Waals surface area contributed by atoms with Crippen LogP contribution in [-0.4, -0.2) is 30.7 Å². The average Bonchev–Trinajstić information content (AvgIpc) is 3.06. The first kappa shape index (κ1) is 18.2. The van der Waals surface area contributed by atoms with Gasteiger partial charge in [-0.25, -0.2) is 0 Å². The third-order valence-corrected chi connectivity index (χ3v) is 5.47. The van der Waals surface area contributed by atoms with Crippen molar-refractivity contribution in [2.75, 3.05) is 20.2 Å². The van der Waals surface area contributed by atoms with E-state index in [1.807, 2.05) is 0 Å². The first-order chi connectivity index (χ1) is 11.0. The van der Waals surface area contributed by atoms with Gasteiger partial charge in [-0.05, 0) is 69.3 Å². The minimum atomic E-state index is -0.187. The Kier molecular flexibility index (Phi) is 6.43. The lowest BCUT2D eigenvalue weighted by molar-refractivity contribution is -0.0120. The summed E-state index contributed by atoms with van der Waals surface area (Å²) in [6.45, 7) is 14.2. The minimum Gasteiger partial charge on any atom is -0.378 e. The predicted octanol–water partition coefficient (Wildman–Crippen LogP) is 4.61. The van der Waals surface area contributed by atoms with Crippen LogP contribution in [0.2, 0.25) is 0 Å². The van der Waals surface area contributed by atoms with Crippen molar-refractivity contribution in [1.29, 1.82) is 0 Å². The Morgan fingerprint density at radius 1 is 1.26 bits per heavy atom. The maximum Gasteiger partial charge on any atom is 0.0688 e. The molecule has 1 atom stereocenters. The van der Waals surface area contributed by atoms with Crippen LogP contribution in [0.1, 0.15) is 50.3 Å². The van der Waals surface area contributed by atoms with Crippen LogP contribution in [0.5, 0.6) is 0 Å². The number of rotatable bonds is 8. The molecule has 128 valence electrons. The van der Waals surface area contributed by atoms with Crippen LogP contribution < -0.4 is 0 Å². The van der Waals surface area contributed by atoms with Gasteiger partial charge >= 0.3 is 0 Å². The van der Waals surface area contributed by atoms with Gasteiger partial charge < -0.3 is 4.74 Å². The smallest absolute Gasteiger partial charge is 0.0688 e. The Morgan fingerprint density at radius 3 is 2.48 bits per heavy atom. The largest absolute Gasteiger partial charge is 0.378 e. The SMILES string of the molecule is C=CC(Cc1c(CC)cccc1CN1CCCC1)C(C)(C)OC. The molecule has 0 N–H and O–H groups in total. The number of hydrogen-bond donors (Lipinski definition) is 0. The number of methoxy groups -OCH3 is 1. The van der Waals surface area contributed by atoms with Gasteiger partial charge in [0, 0.05) is 19.6 Å². The van der Waals surface area contributed by atoms with E-state index in [9.17, 15) is 0 Å². The fourth-order valence-electron chi connectivity index (χ4n) is 3.60. The molecule has 1 aliphatic rings. The zero-order valence-electron chi connectivity index (χ0n) is 15.4. The number of likely N-dealkylation sites (tertiary alicyclic amines) is 1. The number of ether oxygens (including phenoxy) is 1. The maximum atomic E-state index is 5.73. The molecule has 0 aromatic heterocycles. The molecular formula is C21H33NO. The summed E-state index contributed by atoms with van der Waals surface area (Å²) >= 11 is 0. The van der Waals surface area contributed by atoms with Gasteiger partial charge in [-0.2, -0.15) is 0 Å². The molecule has 0 spiro atoms. The highest BCUT2D eigenvalue weighted by atomic mass is 16.5. The summed E-state index contributed by atoms with van der Waals surface area (Å²) in [6, 6.07) is 6.81. The summed E-state index contributed by atoms with van der Waals surface area (Å²) in [5.41, 5.74) is 4.29. The highest BCUT2D eigenvalue weighted by molar-refractivity contribution is 5.36. The van der Waals surface area contributed by atoms with E-state index >= 15 is 0 Å². The van der Waals surface area contributed by atoms with Crippen molar-refractivity contribution in [3.63, 3.8) is 0 Å². The van der Waals surface area contributed by atoms with Crippen LogP contribution in [0.15, 0.2) is 30.9 Å². The summed E-state index contributed by atoms with van der Waals surface area (Å²) in [4.78, 5) is 2.59. The molecule has 2 nitrogen and oxygen atoms in total. The van der Waals surface area contributed by atoms with Crippen molar-refractivity contribution in [2.45, 2.75) is 58.6 Å². The molecule has 2 rings (SSSR count). The lowest BCUT2D eigenvalue weighted by Gasteiger charge is -2.32. The molecule has 23 heavy (non-hydrogen) atoms. The summed E-state index contributed by atoms with van der Waals surface area (Å²) in [5.74, 6) is 0.317. The van der Waals surface area contributed by atoms with E-state index in [0.717, 1.165) is 19.4 Å². The first-order valence-electron chi connectivity index (χ1n) is 9.01. The maximum absolute atomic E-state index is 5.73. The van der Waals surface area contributed by atoms with E-state index in [4.69, 9.17) is 4.74 Å². The molecule has 1 aliphatic heterocycles. The van der Waals surface area contributed by atoms with Gasteiger partial charge in [-0.15, -0.1) is 6.58 Å². The summed E-state index contributed by atoms with van der Waals surface area (Å²) in [5, 5.41) is 0. The van der Waals surface area contributed by atoms with Crippen molar-refractivity contribution in [3.8, 4) is 0 Å². The highest BCUT2D eigenvalue weighted by Gasteiger charge is 2.28. The van der Waals surface area contributed by atoms with Crippen LogP contribution in [0, 0.1) is 5.92 Å². The molecule has 0 bridgehead atoms. The van der Waals surface area contributed by atoms with Crippen molar-refractivity contribution in [1.82, 2.24) is 4.90 Å². The normalized spacial score (nSPS) is 17.4. The standard InChI is InChI=1S/C21H33NO/c1-6-17-11-10-12-18(16-22-13-8-9-14-22)20(17)15-19(7-2)21(3,4)23-5/h7,10-12,19H,2,6,8-9,13-16H2,1,3-5H3. The molecule has 0 saturated carbocycles. The molecule has 0 aliphatic carbocycles. The summed E-state index contributed by atoms with van der Waals surface area (Å²) in [6.07, 6.45) is 6.84. The Balaban J connectivity index is 2.28. The van der Waals surface area contributed by atoms with Crippen LogP contribution in [0.25, 0.3) is 0 Å². The number of benzene rings is 1. The van der Waals surface area contributed by atoms with Crippen LogP contribution >= 0.6 is 0 Å². The molecule has 1 heterocycles. The summed E-state index contributed by atoms with van der Waals surface area (Å²) < 4.78 is 5.73. The Morgan fingerprint density at radius 2 is 1.91 bits per heavy atom. The van der Waals surface area contributed by atoms with Gasteiger partial charge in [0.1, 0.15) is 0 Å². The zero-order chi connectivity index (χ0) is 16.9. The molecular weight excluding hydrogens is 282 g/mol.